The van der Waals surface area contributed by atoms with Crippen LogP contribution in [-0.4, -0.2) is 18.3 Å². The van der Waals surface area contributed by atoms with E-state index in [9.17, 15) is 5.11 Å². The average Bonchev–Trinajstić information content (AvgIpc) is 3.03. The van der Waals surface area contributed by atoms with Crippen LogP contribution < -0.4 is 10.1 Å². The van der Waals surface area contributed by atoms with Crippen LogP contribution in [0.5, 0.6) is 11.5 Å². The number of aromatic hydroxyl groups is 1. The lowest BCUT2D eigenvalue weighted by atomic mass is 10.0. The van der Waals surface area contributed by atoms with Crippen molar-refractivity contribution in [2.75, 3.05) is 12.4 Å². The van der Waals surface area contributed by atoms with Gasteiger partial charge in [-0.25, -0.2) is 0 Å². The summed E-state index contributed by atoms with van der Waals surface area (Å²) >= 11 is 1.57. The summed E-state index contributed by atoms with van der Waals surface area (Å²) in [5.41, 5.74) is 2.78. The Morgan fingerprint density at radius 1 is 0.964 bits per heavy atom. The van der Waals surface area contributed by atoms with Crippen LogP contribution in [0.4, 0.5) is 5.00 Å². The zero-order chi connectivity index (χ0) is 19.7. The van der Waals surface area contributed by atoms with E-state index in [0.717, 1.165) is 43.1 Å². The second kappa shape index (κ2) is 7.56. The Labute approximate surface area is 169 Å². The monoisotopic (exact) mass is 389 g/mol. The number of thiophene rings is 1. The molecule has 0 aliphatic carbocycles. The molecule has 0 radical (unpaired) electrons. The number of anilines is 1. The quantitative estimate of drug-likeness (QED) is 0.396. The highest BCUT2D eigenvalue weighted by Gasteiger charge is 2.21. The predicted octanol–water partition coefficient (Wildman–Crippen LogP) is 6.77. The fourth-order valence-corrected chi connectivity index (χ4v) is 4.58. The second-order valence-electron chi connectivity index (χ2n) is 6.96. The van der Waals surface area contributed by atoms with Gasteiger partial charge in [-0.2, -0.15) is 0 Å². The lowest BCUT2D eigenvalue weighted by Crippen LogP contribution is -2.05. The number of benzene rings is 3. The van der Waals surface area contributed by atoms with Crippen molar-refractivity contribution in [1.82, 2.24) is 0 Å². The van der Waals surface area contributed by atoms with E-state index in [-0.39, 0.29) is 6.10 Å². The average molecular weight is 390 g/mol. The molecule has 28 heavy (non-hydrogen) atoms. The number of fused-ring (bicyclic) bond motifs is 1. The normalized spacial score (nSPS) is 11.1. The Hall–Kier alpha value is -2.98. The molecule has 0 saturated heterocycles. The highest BCUT2D eigenvalue weighted by atomic mass is 32.1. The standard InChI is InChI=1S/C24H23NO2S/c1-15(2)27-18-11-6-10-17(14-18)21-22(26)23(28-24(21)25-3)20-13-7-9-16-8-4-5-12-19(16)20/h4-15,25-26H,1-3H3. The van der Waals surface area contributed by atoms with Gasteiger partial charge in [0.1, 0.15) is 16.5 Å². The highest BCUT2D eigenvalue weighted by Crippen LogP contribution is 2.51. The molecule has 0 amide bonds. The molecule has 0 bridgehead atoms. The van der Waals surface area contributed by atoms with Crippen LogP contribution >= 0.6 is 11.3 Å². The fourth-order valence-electron chi connectivity index (χ4n) is 3.47. The van der Waals surface area contributed by atoms with Crippen molar-refractivity contribution in [3.8, 4) is 33.1 Å². The summed E-state index contributed by atoms with van der Waals surface area (Å²) in [6.45, 7) is 4.01. The molecule has 142 valence electrons. The summed E-state index contributed by atoms with van der Waals surface area (Å²) in [7, 11) is 1.89. The fraction of sp³-hybridized carbons (Fsp3) is 0.167. The highest BCUT2D eigenvalue weighted by molar-refractivity contribution is 7.20. The summed E-state index contributed by atoms with van der Waals surface area (Å²) in [6, 6.07) is 22.3. The Kier molecular flexibility index (Phi) is 4.97. The number of ether oxygens (including phenoxy) is 1. The number of hydrogen-bond acceptors (Lipinski definition) is 4. The van der Waals surface area contributed by atoms with Gasteiger partial charge in [0.15, 0.2) is 0 Å². The summed E-state index contributed by atoms with van der Waals surface area (Å²) in [4.78, 5) is 0.867. The van der Waals surface area contributed by atoms with E-state index in [4.69, 9.17) is 4.74 Å². The minimum atomic E-state index is 0.0985. The number of hydrogen-bond donors (Lipinski definition) is 2. The summed E-state index contributed by atoms with van der Waals surface area (Å²) in [6.07, 6.45) is 0.0985. The van der Waals surface area contributed by atoms with E-state index >= 15 is 0 Å². The van der Waals surface area contributed by atoms with Crippen molar-refractivity contribution in [3.05, 3.63) is 66.7 Å². The molecule has 1 aromatic heterocycles. The SMILES string of the molecule is CNc1sc(-c2cccc3ccccc23)c(O)c1-c1cccc(OC(C)C)c1. The molecule has 0 aliphatic rings. The maximum absolute atomic E-state index is 11.2. The van der Waals surface area contributed by atoms with Gasteiger partial charge < -0.3 is 15.2 Å². The van der Waals surface area contributed by atoms with Gasteiger partial charge >= 0.3 is 0 Å². The zero-order valence-corrected chi connectivity index (χ0v) is 17.0. The van der Waals surface area contributed by atoms with Gasteiger partial charge in [-0.05, 0) is 42.3 Å². The van der Waals surface area contributed by atoms with Gasteiger partial charge in [-0.15, -0.1) is 11.3 Å². The predicted molar refractivity (Wildman–Crippen MR) is 120 cm³/mol. The Balaban J connectivity index is 1.89. The summed E-state index contributed by atoms with van der Waals surface area (Å²) < 4.78 is 5.84. The molecular formula is C24H23NO2S. The number of rotatable bonds is 5. The molecule has 3 nitrogen and oxygen atoms in total. The maximum Gasteiger partial charge on any atom is 0.144 e. The van der Waals surface area contributed by atoms with Crippen LogP contribution in [0.3, 0.4) is 0 Å². The van der Waals surface area contributed by atoms with Crippen molar-refractivity contribution in [2.24, 2.45) is 0 Å². The molecular weight excluding hydrogens is 366 g/mol. The first-order valence-electron chi connectivity index (χ1n) is 9.37. The Bertz CT molecular complexity index is 1130. The van der Waals surface area contributed by atoms with E-state index in [1.165, 1.54) is 0 Å². The minimum absolute atomic E-state index is 0.0985. The molecule has 0 atom stereocenters. The van der Waals surface area contributed by atoms with Gasteiger partial charge in [-0.1, -0.05) is 54.6 Å². The molecule has 4 rings (SSSR count). The third-order valence-electron chi connectivity index (χ3n) is 4.64. The van der Waals surface area contributed by atoms with Gasteiger partial charge in [0, 0.05) is 12.6 Å². The second-order valence-corrected chi connectivity index (χ2v) is 7.98. The van der Waals surface area contributed by atoms with Crippen LogP contribution in [0.25, 0.3) is 32.3 Å². The van der Waals surface area contributed by atoms with Crippen LogP contribution in [0.1, 0.15) is 13.8 Å². The van der Waals surface area contributed by atoms with E-state index in [2.05, 4.69) is 29.6 Å². The lowest BCUT2D eigenvalue weighted by Gasteiger charge is -2.11. The van der Waals surface area contributed by atoms with Crippen molar-refractivity contribution in [1.29, 1.82) is 0 Å². The molecule has 2 N–H and O–H groups in total. The third-order valence-corrected chi connectivity index (χ3v) is 5.87. The zero-order valence-electron chi connectivity index (χ0n) is 16.2. The molecule has 0 spiro atoms. The number of nitrogens with one attached hydrogen (secondary N) is 1. The first-order valence-corrected chi connectivity index (χ1v) is 10.2. The van der Waals surface area contributed by atoms with Gasteiger partial charge in [0.2, 0.25) is 0 Å². The minimum Gasteiger partial charge on any atom is -0.506 e. The van der Waals surface area contributed by atoms with E-state index in [1.54, 1.807) is 11.3 Å². The molecule has 0 fully saturated rings. The van der Waals surface area contributed by atoms with Gasteiger partial charge in [0.25, 0.3) is 0 Å². The first-order chi connectivity index (χ1) is 13.6. The van der Waals surface area contributed by atoms with Crippen molar-refractivity contribution < 1.29 is 9.84 Å². The first kappa shape index (κ1) is 18.4. The van der Waals surface area contributed by atoms with Crippen molar-refractivity contribution >= 4 is 27.1 Å². The molecule has 4 heteroatoms. The molecule has 1 heterocycles. The van der Waals surface area contributed by atoms with Crippen molar-refractivity contribution in [2.45, 2.75) is 20.0 Å². The Morgan fingerprint density at radius 2 is 1.71 bits per heavy atom. The van der Waals surface area contributed by atoms with E-state index < -0.39 is 0 Å². The van der Waals surface area contributed by atoms with Crippen LogP contribution in [0.15, 0.2) is 66.7 Å². The maximum atomic E-state index is 11.2. The molecule has 0 saturated carbocycles. The molecule has 0 aliphatic heterocycles. The van der Waals surface area contributed by atoms with E-state index in [0.29, 0.717) is 5.75 Å². The molecule has 4 aromatic rings. The van der Waals surface area contributed by atoms with Gasteiger partial charge in [-0.3, -0.25) is 0 Å². The van der Waals surface area contributed by atoms with Crippen LogP contribution in [0, 0.1) is 0 Å². The summed E-state index contributed by atoms with van der Waals surface area (Å²) in [5, 5.41) is 17.7. The third kappa shape index (κ3) is 3.32. The van der Waals surface area contributed by atoms with Crippen LogP contribution in [-0.2, 0) is 0 Å². The smallest absolute Gasteiger partial charge is 0.144 e. The largest absolute Gasteiger partial charge is 0.506 e. The lowest BCUT2D eigenvalue weighted by molar-refractivity contribution is 0.242. The molecule has 0 unspecified atom stereocenters. The van der Waals surface area contributed by atoms with Crippen LogP contribution in [0.2, 0.25) is 0 Å². The van der Waals surface area contributed by atoms with Gasteiger partial charge in [0.05, 0.1) is 16.5 Å². The molecule has 3 aromatic carbocycles. The Morgan fingerprint density at radius 3 is 2.50 bits per heavy atom. The topological polar surface area (TPSA) is 41.5 Å². The van der Waals surface area contributed by atoms with Crippen molar-refractivity contribution in [3.63, 3.8) is 0 Å². The summed E-state index contributed by atoms with van der Waals surface area (Å²) in [5.74, 6) is 1.10. The van der Waals surface area contributed by atoms with E-state index in [1.807, 2.05) is 63.4 Å².